The Hall–Kier alpha value is -8.22. The molecule has 1 saturated carbocycles. The number of nitrogens with one attached hydrogen (secondary N) is 4. The molecule has 18 heteroatoms. The molecular formula is C64H74N6O12. The number of phenols is 2. The van der Waals surface area contributed by atoms with Gasteiger partial charge in [-0.3, -0.25) is 24.0 Å². The molecule has 3 heterocycles. The number of ether oxygens (including phenoxy) is 4. The zero-order chi connectivity index (χ0) is 57.6. The number of phenolic OH excluding ortho intramolecular Hbond substituents is 2. The zero-order valence-electron chi connectivity index (χ0n) is 46.8. The molecule has 1 aliphatic carbocycles. The standard InChI is InChI=1S/C64H74N6O12/c1-3-42-14-13-16-47(36-42)69(4-2)59(74)41-70-54-17-10-9-15-44(54)38-55(70)62(77)68-46-21-18-43(19-22-46)60(75)66-30-12-8-6-5-7-11-29-65-58(73)28-32-79-34-35-80-33-31-67-61(76)45-20-25-51-50(37-45)63(78)82-64(51)52-26-23-48(71)39-56(52)81-57-40-49(72)24-27-53(57)64/h9-10,13-17,20,23-27,36-40,43,46,71-72H,3-8,11-12,18-19,21-22,28-35,41H2,1-2H3,(H,65,73)(H,66,75)(H,67,76)(H,68,77)/t43-,46-. The number of aromatic hydroxyl groups is 2. The molecule has 1 fully saturated rings. The first-order valence-electron chi connectivity index (χ1n) is 28.9. The number of anilines is 1. The van der Waals surface area contributed by atoms with Crippen molar-refractivity contribution in [3.05, 3.63) is 148 Å². The van der Waals surface area contributed by atoms with Crippen LogP contribution in [0.3, 0.4) is 0 Å². The molecule has 6 N–H and O–H groups in total. The van der Waals surface area contributed by atoms with Crippen molar-refractivity contribution in [3.8, 4) is 23.0 Å². The summed E-state index contributed by atoms with van der Waals surface area (Å²) in [6.07, 6.45) is 9.80. The summed E-state index contributed by atoms with van der Waals surface area (Å²) in [6.45, 7) is 7.07. The number of aryl methyl sites for hydroxylation is 1. The normalized spacial score (nSPS) is 15.6. The van der Waals surface area contributed by atoms with Gasteiger partial charge in [0.25, 0.3) is 11.8 Å². The van der Waals surface area contributed by atoms with E-state index < -0.39 is 17.5 Å². The van der Waals surface area contributed by atoms with Crippen molar-refractivity contribution in [2.75, 3.05) is 57.5 Å². The van der Waals surface area contributed by atoms with E-state index in [-0.39, 0.29) is 116 Å². The number of nitrogens with zero attached hydrogens (tertiary/aromatic N) is 2. The van der Waals surface area contributed by atoms with E-state index in [9.17, 15) is 39.0 Å². The van der Waals surface area contributed by atoms with Crippen molar-refractivity contribution in [1.82, 2.24) is 25.8 Å². The number of hydrogen-bond acceptors (Lipinski definition) is 12. The van der Waals surface area contributed by atoms with Crippen LogP contribution < -0.4 is 30.9 Å². The van der Waals surface area contributed by atoms with Crippen LogP contribution in [0.2, 0.25) is 0 Å². The summed E-state index contributed by atoms with van der Waals surface area (Å²) < 4.78 is 25.1. The Bertz CT molecular complexity index is 3220. The van der Waals surface area contributed by atoms with Crippen LogP contribution >= 0.6 is 0 Å². The van der Waals surface area contributed by atoms with Gasteiger partial charge in [0.2, 0.25) is 17.7 Å². The lowest BCUT2D eigenvalue weighted by molar-refractivity contribution is -0.126. The number of hydrogen-bond donors (Lipinski definition) is 6. The number of unbranched alkanes of at least 4 members (excludes halogenated alkanes) is 5. The zero-order valence-corrected chi connectivity index (χ0v) is 46.8. The topological polar surface area (TPSA) is 236 Å². The summed E-state index contributed by atoms with van der Waals surface area (Å²) in [5.74, 6) is -0.994. The van der Waals surface area contributed by atoms with Gasteiger partial charge in [-0.1, -0.05) is 69.0 Å². The van der Waals surface area contributed by atoms with Gasteiger partial charge < -0.3 is 59.9 Å². The first-order valence-corrected chi connectivity index (χ1v) is 28.9. The smallest absolute Gasteiger partial charge is 0.340 e. The van der Waals surface area contributed by atoms with E-state index in [1.54, 1.807) is 29.2 Å². The highest BCUT2D eigenvalue weighted by Gasteiger charge is 2.54. The fourth-order valence-electron chi connectivity index (χ4n) is 11.3. The Kier molecular flexibility index (Phi) is 19.6. The Morgan fingerprint density at radius 1 is 0.671 bits per heavy atom. The molecule has 9 rings (SSSR count). The number of carbonyl (C=O) groups excluding carboxylic acids is 6. The van der Waals surface area contributed by atoms with E-state index in [2.05, 4.69) is 34.3 Å². The molecule has 0 unspecified atom stereocenters. The summed E-state index contributed by atoms with van der Waals surface area (Å²) >= 11 is 0. The second-order valence-corrected chi connectivity index (χ2v) is 21.1. The summed E-state index contributed by atoms with van der Waals surface area (Å²) in [6, 6.07) is 31.3. The Labute approximate surface area is 477 Å². The van der Waals surface area contributed by atoms with Crippen LogP contribution in [0.5, 0.6) is 23.0 Å². The molecule has 432 valence electrons. The fraction of sp³-hybridized carbons (Fsp3) is 0.406. The van der Waals surface area contributed by atoms with Crippen LogP contribution in [0.4, 0.5) is 5.69 Å². The molecule has 5 amide bonds. The number of carbonyl (C=O) groups is 6. The highest BCUT2D eigenvalue weighted by atomic mass is 16.6. The van der Waals surface area contributed by atoms with Gasteiger partial charge in [-0.2, -0.15) is 0 Å². The van der Waals surface area contributed by atoms with Crippen LogP contribution in [0.25, 0.3) is 10.9 Å². The van der Waals surface area contributed by atoms with Crippen molar-refractivity contribution >= 4 is 52.1 Å². The van der Waals surface area contributed by atoms with Crippen molar-refractivity contribution in [2.24, 2.45) is 5.92 Å². The number of fused-ring (bicyclic) bond motifs is 7. The molecule has 6 aromatic rings. The van der Waals surface area contributed by atoms with E-state index in [1.165, 1.54) is 30.3 Å². The number of rotatable bonds is 27. The number of amides is 5. The fourth-order valence-corrected chi connectivity index (χ4v) is 11.3. The lowest BCUT2D eigenvalue weighted by Gasteiger charge is -2.36. The van der Waals surface area contributed by atoms with E-state index in [0.29, 0.717) is 67.7 Å². The van der Waals surface area contributed by atoms with Crippen LogP contribution in [0.1, 0.15) is 138 Å². The molecule has 0 radical (unpaired) electrons. The second kappa shape index (κ2) is 27.5. The summed E-state index contributed by atoms with van der Waals surface area (Å²) in [7, 11) is 0. The minimum absolute atomic E-state index is 0.0328. The van der Waals surface area contributed by atoms with E-state index in [0.717, 1.165) is 67.1 Å². The first kappa shape index (κ1) is 58.4. The molecule has 0 atom stereocenters. The lowest BCUT2D eigenvalue weighted by Crippen LogP contribution is -2.42. The molecule has 3 aliphatic rings. The second-order valence-electron chi connectivity index (χ2n) is 21.1. The SMILES string of the molecule is CCc1cccc(N(CC)C(=O)Cn2c(C(=O)N[C@H]3CC[C@H](C(=O)NCCCCCCCCNC(=O)CCOCCOCCNC(=O)c4ccc5c(c4)C(=O)OC54c5ccc(O)cc5Oc5cc(O)ccc54)CC3)cc3ccccc32)c1. The van der Waals surface area contributed by atoms with Gasteiger partial charge in [-0.15, -0.1) is 0 Å². The number of aromatic nitrogens is 1. The summed E-state index contributed by atoms with van der Waals surface area (Å²) in [4.78, 5) is 81.3. The number of para-hydroxylation sites is 1. The molecule has 0 saturated heterocycles. The molecule has 2 aliphatic heterocycles. The maximum Gasteiger partial charge on any atom is 0.340 e. The average Bonchev–Trinajstić information content (AvgIpc) is 1.92. The predicted molar refractivity (Wildman–Crippen MR) is 309 cm³/mol. The van der Waals surface area contributed by atoms with Crippen molar-refractivity contribution in [2.45, 2.75) is 109 Å². The quantitative estimate of drug-likeness (QED) is 0.0210. The van der Waals surface area contributed by atoms with Crippen LogP contribution in [-0.2, 0) is 47.2 Å². The van der Waals surface area contributed by atoms with Gasteiger partial charge in [0, 0.05) is 95.5 Å². The largest absolute Gasteiger partial charge is 0.508 e. The van der Waals surface area contributed by atoms with Crippen LogP contribution in [-0.4, -0.2) is 109 Å². The molecule has 0 bridgehead atoms. The summed E-state index contributed by atoms with van der Waals surface area (Å²) in [5, 5.41) is 33.3. The maximum atomic E-state index is 13.8. The summed E-state index contributed by atoms with van der Waals surface area (Å²) in [5.41, 5.74) is 3.80. The predicted octanol–water partition coefficient (Wildman–Crippen LogP) is 8.95. The van der Waals surface area contributed by atoms with Gasteiger partial charge >= 0.3 is 5.97 Å². The third kappa shape index (κ3) is 13.7. The maximum absolute atomic E-state index is 13.8. The third-order valence-corrected chi connectivity index (χ3v) is 15.7. The molecule has 82 heavy (non-hydrogen) atoms. The van der Waals surface area contributed by atoms with Crippen molar-refractivity contribution in [3.63, 3.8) is 0 Å². The van der Waals surface area contributed by atoms with Gasteiger partial charge in [0.15, 0.2) is 5.60 Å². The number of benzene rings is 5. The molecule has 18 nitrogen and oxygen atoms in total. The molecule has 1 aromatic heterocycles. The molecule has 1 spiro atoms. The highest BCUT2D eigenvalue weighted by molar-refractivity contribution is 6.03. The minimum atomic E-state index is -1.42. The van der Waals surface area contributed by atoms with Gasteiger partial charge in [0.05, 0.1) is 32.0 Å². The Morgan fingerprint density at radius 2 is 1.34 bits per heavy atom. The minimum Gasteiger partial charge on any atom is -0.508 e. The van der Waals surface area contributed by atoms with Gasteiger partial charge in [-0.25, -0.2) is 4.79 Å². The number of likely N-dealkylation sites (N-methyl/N-ethyl adjacent to an activating group) is 1. The van der Waals surface area contributed by atoms with Crippen LogP contribution in [0.15, 0.2) is 109 Å². The van der Waals surface area contributed by atoms with Gasteiger partial charge in [-0.05, 0) is 118 Å². The third-order valence-electron chi connectivity index (χ3n) is 15.7. The van der Waals surface area contributed by atoms with Gasteiger partial charge in [0.1, 0.15) is 35.2 Å². The lowest BCUT2D eigenvalue weighted by atomic mass is 9.77. The first-order chi connectivity index (χ1) is 39.9. The Balaban J connectivity index is 0.578. The number of esters is 1. The van der Waals surface area contributed by atoms with E-state index in [4.69, 9.17) is 18.9 Å². The van der Waals surface area contributed by atoms with E-state index in [1.807, 2.05) is 60.0 Å². The van der Waals surface area contributed by atoms with E-state index >= 15 is 0 Å². The van der Waals surface area contributed by atoms with Crippen LogP contribution in [0, 0.1) is 5.92 Å². The Morgan fingerprint density at radius 3 is 2.05 bits per heavy atom. The molecule has 5 aromatic carbocycles. The molecular weight excluding hydrogens is 1040 g/mol. The van der Waals surface area contributed by atoms with Crippen molar-refractivity contribution < 1.29 is 57.9 Å². The van der Waals surface area contributed by atoms with Crippen molar-refractivity contribution in [1.29, 1.82) is 0 Å². The highest BCUT2D eigenvalue weighted by Crippen LogP contribution is 2.57. The average molecular weight is 1120 g/mol. The monoisotopic (exact) mass is 1120 g/mol.